The number of nitrogens with zero attached hydrogens (tertiary/aromatic N) is 2. The molecular formula is C14H17N3O2. The summed E-state index contributed by atoms with van der Waals surface area (Å²) in [5.41, 5.74) is 5.01. The maximum atomic E-state index is 12.1. The Balaban J connectivity index is 1.99. The summed E-state index contributed by atoms with van der Waals surface area (Å²) in [6.45, 7) is 2.56. The molecule has 1 heterocycles. The van der Waals surface area contributed by atoms with Crippen molar-refractivity contribution in [2.45, 2.75) is 26.3 Å². The number of nitrogens with one attached hydrogen (secondary N) is 1. The van der Waals surface area contributed by atoms with Crippen molar-refractivity contribution < 1.29 is 9.59 Å². The number of hydrogen-bond acceptors (Lipinski definition) is 3. The third-order valence-electron chi connectivity index (χ3n) is 3.04. The van der Waals surface area contributed by atoms with E-state index in [4.69, 9.17) is 0 Å². The van der Waals surface area contributed by atoms with E-state index in [0.29, 0.717) is 25.1 Å². The van der Waals surface area contributed by atoms with E-state index in [2.05, 4.69) is 10.5 Å². The molecule has 0 unspecified atom stereocenters. The van der Waals surface area contributed by atoms with E-state index in [1.807, 2.05) is 31.2 Å². The van der Waals surface area contributed by atoms with Crippen molar-refractivity contribution >= 4 is 17.5 Å². The summed E-state index contributed by atoms with van der Waals surface area (Å²) in [4.78, 5) is 24.7. The topological polar surface area (TPSA) is 61.8 Å². The lowest BCUT2D eigenvalue weighted by molar-refractivity contribution is -0.124. The highest BCUT2D eigenvalue weighted by Gasteiger charge is 2.21. The Morgan fingerprint density at radius 2 is 2.00 bits per heavy atom. The van der Waals surface area contributed by atoms with E-state index in [9.17, 15) is 9.59 Å². The summed E-state index contributed by atoms with van der Waals surface area (Å²) in [6, 6.07) is 8.05. The molecule has 1 aliphatic rings. The summed E-state index contributed by atoms with van der Waals surface area (Å²) in [5, 5.41) is 3.81. The van der Waals surface area contributed by atoms with Gasteiger partial charge in [-0.1, -0.05) is 29.8 Å². The normalized spacial score (nSPS) is 14.6. The van der Waals surface area contributed by atoms with Crippen molar-refractivity contribution in [1.82, 2.24) is 10.3 Å². The number of amides is 2. The van der Waals surface area contributed by atoms with E-state index >= 15 is 0 Å². The van der Waals surface area contributed by atoms with Crippen molar-refractivity contribution in [2.24, 2.45) is 5.10 Å². The molecule has 0 aliphatic carbocycles. The van der Waals surface area contributed by atoms with Gasteiger partial charge in [0.2, 0.25) is 5.91 Å². The number of carbonyl (C=O) groups excluding carboxylic acids is 2. The molecule has 1 aromatic carbocycles. The number of hydrogen-bond donors (Lipinski definition) is 1. The lowest BCUT2D eigenvalue weighted by Crippen LogP contribution is -2.37. The van der Waals surface area contributed by atoms with Gasteiger partial charge in [-0.15, -0.1) is 0 Å². The van der Waals surface area contributed by atoms with Crippen molar-refractivity contribution in [3.05, 3.63) is 35.4 Å². The third-order valence-corrected chi connectivity index (χ3v) is 3.04. The predicted molar refractivity (Wildman–Crippen MR) is 72.5 cm³/mol. The quantitative estimate of drug-likeness (QED) is 0.887. The van der Waals surface area contributed by atoms with E-state index in [1.165, 1.54) is 5.56 Å². The summed E-state index contributed by atoms with van der Waals surface area (Å²) >= 11 is 0. The molecular weight excluding hydrogens is 242 g/mol. The third kappa shape index (κ3) is 3.40. The summed E-state index contributed by atoms with van der Waals surface area (Å²) in [6.07, 6.45) is 0.728. The largest absolute Gasteiger partial charge is 0.336 e. The second-order valence-electron chi connectivity index (χ2n) is 4.74. The van der Waals surface area contributed by atoms with Gasteiger partial charge in [-0.2, -0.15) is 5.10 Å². The van der Waals surface area contributed by atoms with Crippen LogP contribution in [0.2, 0.25) is 0 Å². The standard InChI is InChI=1S/C14H17N3O2/c1-10-3-5-11(6-4-10)9-17(2)14(19)12-7-8-13(18)16-15-12/h3-6H,7-9H2,1-2H3,(H,16,18). The van der Waals surface area contributed by atoms with Crippen molar-refractivity contribution in [3.63, 3.8) is 0 Å². The molecule has 0 saturated heterocycles. The molecule has 0 fully saturated rings. The fourth-order valence-electron chi connectivity index (χ4n) is 1.89. The van der Waals surface area contributed by atoms with Crippen molar-refractivity contribution in [2.75, 3.05) is 7.05 Å². The highest BCUT2D eigenvalue weighted by atomic mass is 16.2. The second kappa shape index (κ2) is 5.65. The zero-order valence-electron chi connectivity index (χ0n) is 11.1. The van der Waals surface area contributed by atoms with Crippen LogP contribution in [-0.2, 0) is 16.1 Å². The van der Waals surface area contributed by atoms with Gasteiger partial charge in [0.15, 0.2) is 0 Å². The Hall–Kier alpha value is -2.17. The number of hydrazone groups is 1. The monoisotopic (exact) mass is 259 g/mol. The van der Waals surface area contributed by atoms with Gasteiger partial charge in [0.1, 0.15) is 5.71 Å². The van der Waals surface area contributed by atoms with Gasteiger partial charge < -0.3 is 4.90 Å². The fourth-order valence-corrected chi connectivity index (χ4v) is 1.89. The van der Waals surface area contributed by atoms with Crippen molar-refractivity contribution in [1.29, 1.82) is 0 Å². The van der Waals surface area contributed by atoms with Crippen LogP contribution in [0.25, 0.3) is 0 Å². The van der Waals surface area contributed by atoms with E-state index < -0.39 is 0 Å². The average Bonchev–Trinajstić information content (AvgIpc) is 2.41. The number of aryl methyl sites for hydroxylation is 1. The smallest absolute Gasteiger partial charge is 0.270 e. The van der Waals surface area contributed by atoms with E-state index in [1.54, 1.807) is 11.9 Å². The Labute approximate surface area is 112 Å². The first-order valence-corrected chi connectivity index (χ1v) is 6.22. The van der Waals surface area contributed by atoms with Crippen LogP contribution in [0.1, 0.15) is 24.0 Å². The summed E-state index contributed by atoms with van der Waals surface area (Å²) < 4.78 is 0. The van der Waals surface area contributed by atoms with Gasteiger partial charge >= 0.3 is 0 Å². The molecule has 100 valence electrons. The highest BCUT2D eigenvalue weighted by molar-refractivity contribution is 6.39. The molecule has 0 aromatic heterocycles. The van der Waals surface area contributed by atoms with Gasteiger partial charge in [-0.25, -0.2) is 5.43 Å². The van der Waals surface area contributed by atoms with E-state index in [0.717, 1.165) is 5.56 Å². The molecule has 0 atom stereocenters. The lowest BCUT2D eigenvalue weighted by atomic mass is 10.1. The summed E-state index contributed by atoms with van der Waals surface area (Å²) in [5.74, 6) is -0.279. The highest BCUT2D eigenvalue weighted by Crippen LogP contribution is 2.08. The molecule has 1 aromatic rings. The second-order valence-corrected chi connectivity index (χ2v) is 4.74. The lowest BCUT2D eigenvalue weighted by Gasteiger charge is -2.20. The molecule has 5 nitrogen and oxygen atoms in total. The van der Waals surface area contributed by atoms with Crippen LogP contribution >= 0.6 is 0 Å². The maximum absolute atomic E-state index is 12.1. The zero-order valence-corrected chi connectivity index (χ0v) is 11.1. The van der Waals surface area contributed by atoms with Crippen LogP contribution in [0, 0.1) is 6.92 Å². The molecule has 5 heteroatoms. The van der Waals surface area contributed by atoms with Gasteiger partial charge in [0.25, 0.3) is 5.91 Å². The molecule has 2 rings (SSSR count). The van der Waals surface area contributed by atoms with Gasteiger partial charge in [0.05, 0.1) is 0 Å². The van der Waals surface area contributed by atoms with Crippen LogP contribution in [0.3, 0.4) is 0 Å². The van der Waals surface area contributed by atoms with Crippen molar-refractivity contribution in [3.8, 4) is 0 Å². The van der Waals surface area contributed by atoms with Gasteiger partial charge in [-0.3, -0.25) is 9.59 Å². The molecule has 0 spiro atoms. The van der Waals surface area contributed by atoms with Gasteiger partial charge in [-0.05, 0) is 12.5 Å². The van der Waals surface area contributed by atoms with E-state index in [-0.39, 0.29) is 11.8 Å². The van der Waals surface area contributed by atoms with Crippen LogP contribution in [0.15, 0.2) is 29.4 Å². The van der Waals surface area contributed by atoms with Crippen LogP contribution in [0.5, 0.6) is 0 Å². The Morgan fingerprint density at radius 1 is 1.32 bits per heavy atom. The van der Waals surface area contributed by atoms with Gasteiger partial charge in [0, 0.05) is 26.4 Å². The maximum Gasteiger partial charge on any atom is 0.270 e. The Bertz CT molecular complexity index is 520. The molecule has 1 N–H and O–H groups in total. The van der Waals surface area contributed by atoms with Crippen LogP contribution in [-0.4, -0.2) is 29.5 Å². The van der Waals surface area contributed by atoms with Crippen LogP contribution < -0.4 is 5.43 Å². The minimum atomic E-state index is -0.141. The minimum absolute atomic E-state index is 0.138. The molecule has 2 amide bonds. The number of benzene rings is 1. The molecule has 0 bridgehead atoms. The Morgan fingerprint density at radius 3 is 2.58 bits per heavy atom. The first-order valence-electron chi connectivity index (χ1n) is 6.22. The molecule has 19 heavy (non-hydrogen) atoms. The predicted octanol–water partition coefficient (Wildman–Crippen LogP) is 1.22. The zero-order chi connectivity index (χ0) is 13.8. The molecule has 0 saturated carbocycles. The first-order chi connectivity index (χ1) is 9.06. The number of carbonyl (C=O) groups is 2. The fraction of sp³-hybridized carbons (Fsp3) is 0.357. The summed E-state index contributed by atoms with van der Waals surface area (Å²) in [7, 11) is 1.74. The minimum Gasteiger partial charge on any atom is -0.336 e. The molecule has 1 aliphatic heterocycles. The average molecular weight is 259 g/mol. The first kappa shape index (κ1) is 13.3. The number of rotatable bonds is 3. The molecule has 0 radical (unpaired) electrons. The van der Waals surface area contributed by atoms with Crippen LogP contribution in [0.4, 0.5) is 0 Å². The SMILES string of the molecule is Cc1ccc(CN(C)C(=O)C2=NNC(=O)CC2)cc1. The Kier molecular flexibility index (Phi) is 3.94.